The molecule has 0 radical (unpaired) electrons. The number of hydrogen-bond donors (Lipinski definition) is 0. The summed E-state index contributed by atoms with van der Waals surface area (Å²) in [5.41, 5.74) is 0.512. The summed E-state index contributed by atoms with van der Waals surface area (Å²) in [6.45, 7) is 0. The molecule has 0 bridgehead atoms. The summed E-state index contributed by atoms with van der Waals surface area (Å²) in [6.07, 6.45) is 1.60. The van der Waals surface area contributed by atoms with Crippen LogP contribution >= 0.6 is 0 Å². The fourth-order valence-corrected chi connectivity index (χ4v) is 6.74. The molecule has 2 heterocycles. The van der Waals surface area contributed by atoms with E-state index in [1.54, 1.807) is 36.5 Å². The van der Waals surface area contributed by atoms with E-state index in [1.165, 1.54) is 53.5 Å². The van der Waals surface area contributed by atoms with E-state index in [0.29, 0.717) is 16.7 Å². The fraction of sp³-hybridized carbons (Fsp3) is 0.125. The second-order valence-corrected chi connectivity index (χ2v) is 10.4. The number of fused-ring (bicyclic) bond motifs is 5. The second-order valence-electron chi connectivity index (χ2n) is 10.4. The Balaban J connectivity index is 1.54. The van der Waals surface area contributed by atoms with Gasteiger partial charge >= 0.3 is 0 Å². The highest BCUT2D eigenvalue weighted by Gasteiger charge is 2.72. The lowest BCUT2D eigenvalue weighted by Crippen LogP contribution is -2.43. The number of halogens is 1. The highest BCUT2D eigenvalue weighted by molar-refractivity contribution is 6.31. The lowest BCUT2D eigenvalue weighted by molar-refractivity contribution is -0.384. The van der Waals surface area contributed by atoms with E-state index in [9.17, 15) is 28.9 Å². The molecule has 0 aromatic heterocycles. The molecule has 1 spiro atoms. The Morgan fingerprint density at radius 3 is 2.10 bits per heavy atom. The van der Waals surface area contributed by atoms with Gasteiger partial charge in [0, 0.05) is 34.7 Å². The molecular weight excluding hydrogens is 525 g/mol. The van der Waals surface area contributed by atoms with E-state index >= 15 is 0 Å². The van der Waals surface area contributed by atoms with Crippen molar-refractivity contribution >= 4 is 29.3 Å². The zero-order valence-corrected chi connectivity index (χ0v) is 21.3. The molecule has 1 fully saturated rings. The van der Waals surface area contributed by atoms with Gasteiger partial charge in [-0.3, -0.25) is 29.5 Å². The monoisotopic (exact) mass is 545 g/mol. The summed E-state index contributed by atoms with van der Waals surface area (Å²) in [5.74, 6) is -2.91. The van der Waals surface area contributed by atoms with Crippen molar-refractivity contribution < 1.29 is 23.7 Å². The van der Waals surface area contributed by atoms with Crippen LogP contribution < -0.4 is 0 Å². The minimum Gasteiger partial charge on any atom is -0.293 e. The summed E-state index contributed by atoms with van der Waals surface area (Å²) in [5, 5.41) is 17.6. The molecule has 0 unspecified atom stereocenters. The normalized spacial score (nSPS) is 21.5. The summed E-state index contributed by atoms with van der Waals surface area (Å²) < 4.78 is 13.8. The molecule has 2 aliphatic heterocycles. The van der Waals surface area contributed by atoms with Gasteiger partial charge in [0.25, 0.3) is 5.69 Å². The van der Waals surface area contributed by atoms with Gasteiger partial charge in [-0.05, 0) is 41.0 Å². The Morgan fingerprint density at radius 2 is 1.46 bits per heavy atom. The molecule has 9 heteroatoms. The number of hydrazone groups is 1. The molecule has 200 valence electrons. The van der Waals surface area contributed by atoms with Crippen LogP contribution in [0.4, 0.5) is 10.1 Å². The molecule has 1 saturated heterocycles. The molecule has 7 rings (SSSR count). The first-order chi connectivity index (χ1) is 19.8. The van der Waals surface area contributed by atoms with Crippen molar-refractivity contribution in [2.75, 3.05) is 0 Å². The Labute approximate surface area is 232 Å². The van der Waals surface area contributed by atoms with Gasteiger partial charge in [-0.1, -0.05) is 60.7 Å². The average molecular weight is 546 g/mol. The van der Waals surface area contributed by atoms with E-state index < -0.39 is 51.5 Å². The van der Waals surface area contributed by atoms with Crippen LogP contribution in [0.5, 0.6) is 0 Å². The van der Waals surface area contributed by atoms with E-state index in [4.69, 9.17) is 0 Å². The number of hydrogen-bond acceptors (Lipinski definition) is 7. The molecule has 0 saturated carbocycles. The zero-order valence-electron chi connectivity index (χ0n) is 21.3. The number of Topliss-reactive ketones (excluding diaryl/α,β-unsaturated/α-hetero) is 3. The topological polar surface area (TPSA) is 110 Å². The first-order valence-corrected chi connectivity index (χ1v) is 13.0. The van der Waals surface area contributed by atoms with E-state index in [-0.39, 0.29) is 22.4 Å². The van der Waals surface area contributed by atoms with Crippen molar-refractivity contribution in [3.63, 3.8) is 0 Å². The molecule has 4 aromatic rings. The number of carbonyl (C=O) groups is 3. The highest BCUT2D eigenvalue weighted by atomic mass is 19.1. The minimum atomic E-state index is -1.80. The largest absolute Gasteiger partial charge is 0.293 e. The summed E-state index contributed by atoms with van der Waals surface area (Å²) in [6, 6.07) is 22.4. The minimum absolute atomic E-state index is 0.171. The smallest absolute Gasteiger partial charge is 0.269 e. The zero-order chi connectivity index (χ0) is 28.5. The van der Waals surface area contributed by atoms with Gasteiger partial charge in [0.15, 0.2) is 17.3 Å². The number of carbonyl (C=O) groups excluding carboxylic acids is 3. The maximum absolute atomic E-state index is 14.6. The van der Waals surface area contributed by atoms with Gasteiger partial charge in [0.1, 0.15) is 17.3 Å². The molecule has 4 aromatic carbocycles. The molecule has 0 amide bonds. The van der Waals surface area contributed by atoms with Crippen LogP contribution in [0.1, 0.15) is 59.7 Å². The SMILES string of the molecule is O=C(c1ccc(F)cc1)[C@H]1[C@H](c2ccc([N+](=O)[O-])cc2)C2(C(=O)c3ccccc3C2=O)[C@@H]2c3ccccc3C=NN21. The number of nitro groups is 1. The van der Waals surface area contributed by atoms with Crippen molar-refractivity contribution in [2.24, 2.45) is 10.5 Å². The maximum atomic E-state index is 14.6. The molecule has 41 heavy (non-hydrogen) atoms. The molecular formula is C32H20FN3O5. The predicted molar refractivity (Wildman–Crippen MR) is 147 cm³/mol. The molecule has 0 N–H and O–H groups in total. The van der Waals surface area contributed by atoms with Crippen molar-refractivity contribution in [2.45, 2.75) is 18.0 Å². The highest BCUT2D eigenvalue weighted by Crippen LogP contribution is 2.64. The maximum Gasteiger partial charge on any atom is 0.269 e. The van der Waals surface area contributed by atoms with Gasteiger partial charge in [0.2, 0.25) is 0 Å². The lowest BCUT2D eigenvalue weighted by atomic mass is 9.63. The summed E-state index contributed by atoms with van der Waals surface area (Å²) in [4.78, 5) is 54.5. The van der Waals surface area contributed by atoms with Crippen LogP contribution in [0, 0.1) is 21.3 Å². The van der Waals surface area contributed by atoms with Crippen molar-refractivity contribution in [3.05, 3.63) is 146 Å². The molecule has 3 aliphatic rings. The third-order valence-electron chi connectivity index (χ3n) is 8.44. The standard InChI is InChI=1S/C32H20FN3O5/c33-21-13-9-19(10-14-21)28(37)27-26(18-11-15-22(16-12-18)36(40)41)32(30(38)24-7-3-4-8-25(24)31(32)39)29-23-6-2-1-5-20(23)17-34-35(27)29/h1-17,26-27,29H/t26-,27+,29-/m0/s1. The second kappa shape index (κ2) is 8.85. The number of rotatable bonds is 4. The molecule has 3 atom stereocenters. The molecule has 8 nitrogen and oxygen atoms in total. The number of benzene rings is 4. The Hall–Kier alpha value is -5.31. The third-order valence-corrected chi connectivity index (χ3v) is 8.44. The van der Waals surface area contributed by atoms with Crippen LogP contribution in [0.15, 0.2) is 102 Å². The lowest BCUT2D eigenvalue weighted by Gasteiger charge is -2.36. The number of nitro benzene ring substituents is 1. The fourth-order valence-electron chi connectivity index (χ4n) is 6.74. The summed E-state index contributed by atoms with van der Waals surface area (Å²) >= 11 is 0. The van der Waals surface area contributed by atoms with Gasteiger partial charge in [-0.25, -0.2) is 4.39 Å². The van der Waals surface area contributed by atoms with Gasteiger partial charge in [0.05, 0.1) is 17.2 Å². The van der Waals surface area contributed by atoms with Crippen LogP contribution in [0.2, 0.25) is 0 Å². The first-order valence-electron chi connectivity index (χ1n) is 13.0. The van der Waals surface area contributed by atoms with E-state index in [2.05, 4.69) is 5.10 Å². The molecule has 1 aliphatic carbocycles. The van der Waals surface area contributed by atoms with Gasteiger partial charge in [-0.2, -0.15) is 5.10 Å². The number of nitrogens with zero attached hydrogens (tertiary/aromatic N) is 3. The Morgan fingerprint density at radius 1 is 0.854 bits per heavy atom. The van der Waals surface area contributed by atoms with Crippen LogP contribution in [-0.4, -0.2) is 39.5 Å². The number of non-ortho nitro benzene ring substituents is 1. The Kier molecular flexibility index (Phi) is 5.34. The van der Waals surface area contributed by atoms with Crippen LogP contribution in [0.3, 0.4) is 0 Å². The average Bonchev–Trinajstić information content (AvgIpc) is 3.43. The van der Waals surface area contributed by atoms with Gasteiger partial charge < -0.3 is 0 Å². The van der Waals surface area contributed by atoms with Crippen LogP contribution in [0.25, 0.3) is 0 Å². The van der Waals surface area contributed by atoms with Crippen molar-refractivity contribution in [1.29, 1.82) is 0 Å². The Bertz CT molecular complexity index is 1780. The first kappa shape index (κ1) is 24.7. The van der Waals surface area contributed by atoms with Crippen molar-refractivity contribution in [3.8, 4) is 0 Å². The van der Waals surface area contributed by atoms with E-state index in [0.717, 1.165) is 0 Å². The number of ketones is 3. The third kappa shape index (κ3) is 3.32. The van der Waals surface area contributed by atoms with Gasteiger partial charge in [-0.15, -0.1) is 0 Å². The quantitative estimate of drug-likeness (QED) is 0.144. The predicted octanol–water partition coefficient (Wildman–Crippen LogP) is 5.54. The van der Waals surface area contributed by atoms with E-state index in [1.807, 2.05) is 18.2 Å². The van der Waals surface area contributed by atoms with Crippen LogP contribution in [-0.2, 0) is 0 Å². The van der Waals surface area contributed by atoms with Crippen molar-refractivity contribution in [1.82, 2.24) is 5.01 Å². The summed E-state index contributed by atoms with van der Waals surface area (Å²) in [7, 11) is 0.